The van der Waals surface area contributed by atoms with Crippen LogP contribution in [0.1, 0.15) is 73.6 Å². The Morgan fingerprint density at radius 1 is 0.742 bits per heavy atom. The first-order valence-corrected chi connectivity index (χ1v) is 10.8. The number of unbranched alkanes of at least 4 members (excludes halogenated alkanes) is 1. The highest BCUT2D eigenvalue weighted by Crippen LogP contribution is 2.01. The van der Waals surface area contributed by atoms with E-state index in [0.29, 0.717) is 24.3 Å². The lowest BCUT2D eigenvalue weighted by Gasteiger charge is -2.09. The number of nitrogens with one attached hydrogen (secondary N) is 4. The van der Waals surface area contributed by atoms with Gasteiger partial charge in [-0.2, -0.15) is 10.2 Å². The quantitative estimate of drug-likeness (QED) is 0.185. The van der Waals surface area contributed by atoms with Crippen LogP contribution >= 0.6 is 0 Å². The summed E-state index contributed by atoms with van der Waals surface area (Å²) in [6, 6.07) is 0. The van der Waals surface area contributed by atoms with Crippen LogP contribution in [-0.2, 0) is 19.2 Å². The zero-order chi connectivity index (χ0) is 23.8. The molecule has 10 heteroatoms. The number of hydrogen-bond acceptors (Lipinski definition) is 6. The summed E-state index contributed by atoms with van der Waals surface area (Å²) in [5.41, 5.74) is 6.08. The molecular formula is C21H38N6O4. The maximum absolute atomic E-state index is 11.8. The van der Waals surface area contributed by atoms with Gasteiger partial charge in [0.1, 0.15) is 0 Å². The molecule has 0 aliphatic rings. The zero-order valence-corrected chi connectivity index (χ0v) is 19.6. The lowest BCUT2D eigenvalue weighted by molar-refractivity contribution is -0.124. The van der Waals surface area contributed by atoms with Crippen LogP contribution in [0.2, 0.25) is 0 Å². The molecule has 0 spiro atoms. The summed E-state index contributed by atoms with van der Waals surface area (Å²) >= 11 is 0. The van der Waals surface area contributed by atoms with Crippen LogP contribution in [0.5, 0.6) is 0 Å². The molecule has 4 N–H and O–H groups in total. The monoisotopic (exact) mass is 438 g/mol. The summed E-state index contributed by atoms with van der Waals surface area (Å²) in [5.74, 6) is -0.774. The molecule has 4 amide bonds. The Morgan fingerprint density at radius 3 is 1.55 bits per heavy atom. The predicted molar refractivity (Wildman–Crippen MR) is 121 cm³/mol. The molecule has 0 aliphatic heterocycles. The maximum Gasteiger partial charge on any atom is 0.240 e. The van der Waals surface area contributed by atoms with Gasteiger partial charge in [0.15, 0.2) is 0 Å². The molecule has 0 fully saturated rings. The second-order valence-corrected chi connectivity index (χ2v) is 7.87. The van der Waals surface area contributed by atoms with Crippen molar-refractivity contribution < 1.29 is 19.2 Å². The smallest absolute Gasteiger partial charge is 0.240 e. The number of carbonyl (C=O) groups is 4. The molecule has 0 heterocycles. The lowest BCUT2D eigenvalue weighted by Crippen LogP contribution is -2.33. The minimum Gasteiger partial charge on any atom is -0.351 e. The van der Waals surface area contributed by atoms with Gasteiger partial charge >= 0.3 is 0 Å². The fraction of sp³-hybridized carbons (Fsp3) is 0.714. The third-order valence-electron chi connectivity index (χ3n) is 4.42. The second-order valence-electron chi connectivity index (χ2n) is 7.87. The average molecular weight is 439 g/mol. The normalized spacial score (nSPS) is 12.9. The molecule has 0 aliphatic carbocycles. The van der Waals surface area contributed by atoms with Crippen LogP contribution in [0.15, 0.2) is 10.2 Å². The van der Waals surface area contributed by atoms with E-state index in [4.69, 9.17) is 0 Å². The summed E-state index contributed by atoms with van der Waals surface area (Å²) in [6.07, 6.45) is 2.32. The third kappa shape index (κ3) is 14.8. The first-order chi connectivity index (χ1) is 14.6. The third-order valence-corrected chi connectivity index (χ3v) is 4.42. The molecular weight excluding hydrogens is 400 g/mol. The summed E-state index contributed by atoms with van der Waals surface area (Å²) < 4.78 is 0. The van der Waals surface area contributed by atoms with Gasteiger partial charge in [0.05, 0.1) is 24.5 Å². The fourth-order valence-electron chi connectivity index (χ4n) is 2.07. The van der Waals surface area contributed by atoms with Crippen LogP contribution in [0.3, 0.4) is 0 Å². The molecule has 1 atom stereocenters. The van der Waals surface area contributed by atoms with E-state index in [0.717, 1.165) is 6.42 Å². The first kappa shape index (κ1) is 28.2. The van der Waals surface area contributed by atoms with Gasteiger partial charge in [-0.05, 0) is 33.1 Å². The van der Waals surface area contributed by atoms with Gasteiger partial charge in [-0.25, -0.2) is 10.9 Å². The van der Waals surface area contributed by atoms with Crippen molar-refractivity contribution >= 4 is 35.1 Å². The van der Waals surface area contributed by atoms with Gasteiger partial charge in [-0.15, -0.1) is 0 Å². The fourth-order valence-corrected chi connectivity index (χ4v) is 2.07. The zero-order valence-electron chi connectivity index (χ0n) is 19.6. The first-order valence-electron chi connectivity index (χ1n) is 10.8. The van der Waals surface area contributed by atoms with Crippen LogP contribution < -0.4 is 21.5 Å². The summed E-state index contributed by atoms with van der Waals surface area (Å²) in [4.78, 5) is 46.8. The Kier molecular flexibility index (Phi) is 14.5. The molecule has 0 saturated carbocycles. The molecule has 0 aromatic heterocycles. The number of carbonyl (C=O) groups excluding carboxylic acids is 4. The van der Waals surface area contributed by atoms with Gasteiger partial charge in [0, 0.05) is 24.7 Å². The second kappa shape index (κ2) is 16.0. The van der Waals surface area contributed by atoms with Crippen molar-refractivity contribution in [3.63, 3.8) is 0 Å². The molecule has 0 radical (unpaired) electrons. The van der Waals surface area contributed by atoms with Crippen LogP contribution in [0.25, 0.3) is 0 Å². The van der Waals surface area contributed by atoms with E-state index in [1.807, 2.05) is 13.8 Å². The van der Waals surface area contributed by atoms with Crippen molar-refractivity contribution in [2.24, 2.45) is 22.0 Å². The maximum atomic E-state index is 11.8. The van der Waals surface area contributed by atoms with Crippen LogP contribution in [0.4, 0.5) is 0 Å². The van der Waals surface area contributed by atoms with Gasteiger partial charge in [0.25, 0.3) is 0 Å². The minimum absolute atomic E-state index is 0.0403. The Morgan fingerprint density at radius 2 is 1.16 bits per heavy atom. The molecule has 176 valence electrons. The standard InChI is InChI=1S/C21H38N6O4/c1-7-15(4)21(31)23-13-17(6)25-27-19(29)11-9-8-10-18(28)26-24-16(5)12-22-20(30)14(2)3/h14-15H,7-13H2,1-6H3,(H,22,30)(H,23,31)(H,26,28)(H,27,29)/b24-16-,25-17-. The molecule has 0 rings (SSSR count). The van der Waals surface area contributed by atoms with E-state index >= 15 is 0 Å². The number of hydrogen-bond donors (Lipinski definition) is 4. The molecule has 0 saturated heterocycles. The van der Waals surface area contributed by atoms with Crippen molar-refractivity contribution in [1.82, 2.24) is 21.5 Å². The Bertz CT molecular complexity index is 673. The van der Waals surface area contributed by atoms with Crippen LogP contribution in [0, 0.1) is 11.8 Å². The highest BCUT2D eigenvalue weighted by atomic mass is 16.2. The Balaban J connectivity index is 3.99. The Labute approximate surface area is 185 Å². The SMILES string of the molecule is CCC(C)C(=O)NC/C(C)=N\NC(=O)CCCCC(=O)N/N=C(/C)CNC(=O)C(C)C. The van der Waals surface area contributed by atoms with Crippen molar-refractivity contribution in [3.8, 4) is 0 Å². The van der Waals surface area contributed by atoms with Crippen molar-refractivity contribution in [1.29, 1.82) is 0 Å². The molecule has 1 unspecified atom stereocenters. The summed E-state index contributed by atoms with van der Waals surface area (Å²) in [6.45, 7) is 11.4. The molecule has 0 bridgehead atoms. The number of nitrogens with zero attached hydrogens (tertiary/aromatic N) is 2. The molecule has 31 heavy (non-hydrogen) atoms. The average Bonchev–Trinajstić information content (AvgIpc) is 2.74. The van der Waals surface area contributed by atoms with Crippen molar-refractivity contribution in [3.05, 3.63) is 0 Å². The summed E-state index contributed by atoms with van der Waals surface area (Å²) in [7, 11) is 0. The van der Waals surface area contributed by atoms with Gasteiger partial charge < -0.3 is 10.6 Å². The number of hydrazone groups is 2. The van der Waals surface area contributed by atoms with E-state index in [1.54, 1.807) is 27.7 Å². The minimum atomic E-state index is -0.249. The number of amides is 4. The largest absolute Gasteiger partial charge is 0.351 e. The predicted octanol–water partition coefficient (Wildman–Crippen LogP) is 1.47. The highest BCUT2D eigenvalue weighted by molar-refractivity contribution is 5.90. The van der Waals surface area contributed by atoms with E-state index in [9.17, 15) is 19.2 Å². The van der Waals surface area contributed by atoms with E-state index < -0.39 is 0 Å². The van der Waals surface area contributed by atoms with Crippen molar-refractivity contribution in [2.75, 3.05) is 13.1 Å². The van der Waals surface area contributed by atoms with E-state index in [-0.39, 0.29) is 61.4 Å². The van der Waals surface area contributed by atoms with Crippen LogP contribution in [-0.4, -0.2) is 48.1 Å². The van der Waals surface area contributed by atoms with Gasteiger partial charge in [0.2, 0.25) is 23.6 Å². The van der Waals surface area contributed by atoms with E-state index in [1.165, 1.54) is 0 Å². The number of rotatable bonds is 14. The van der Waals surface area contributed by atoms with E-state index in [2.05, 4.69) is 31.7 Å². The molecule has 0 aromatic rings. The van der Waals surface area contributed by atoms with Crippen molar-refractivity contribution in [2.45, 2.75) is 73.6 Å². The molecule has 10 nitrogen and oxygen atoms in total. The topological polar surface area (TPSA) is 141 Å². The summed E-state index contributed by atoms with van der Waals surface area (Å²) in [5, 5.41) is 13.4. The lowest BCUT2D eigenvalue weighted by atomic mass is 10.1. The van der Waals surface area contributed by atoms with Gasteiger partial charge in [-0.3, -0.25) is 19.2 Å². The van der Waals surface area contributed by atoms with Gasteiger partial charge in [-0.1, -0.05) is 27.7 Å². The highest BCUT2D eigenvalue weighted by Gasteiger charge is 2.10. The Hall–Kier alpha value is -2.78. The molecule has 0 aromatic carbocycles.